The second kappa shape index (κ2) is 6.18. The van der Waals surface area contributed by atoms with Gasteiger partial charge in [-0.3, -0.25) is 4.68 Å². The number of aromatic hydroxyl groups is 1. The van der Waals surface area contributed by atoms with Gasteiger partial charge in [-0.25, -0.2) is 9.97 Å². The monoisotopic (exact) mass is 338 g/mol. The topological polar surface area (TPSA) is 124 Å². The molecule has 1 saturated carbocycles. The third kappa shape index (κ3) is 2.72. The fraction of sp³-hybridized carbons (Fsp3) is 0.412. The van der Waals surface area contributed by atoms with Crippen molar-refractivity contribution < 1.29 is 10.2 Å². The minimum Gasteiger partial charge on any atom is -0.492 e. The maximum atomic E-state index is 10.4. The van der Waals surface area contributed by atoms with E-state index in [0.29, 0.717) is 23.3 Å². The van der Waals surface area contributed by atoms with Crippen molar-refractivity contribution in [3.05, 3.63) is 24.8 Å². The molecule has 8 heteroatoms. The Balaban J connectivity index is 1.74. The number of nitrogens with zero attached hydrogens (tertiary/aromatic N) is 5. The summed E-state index contributed by atoms with van der Waals surface area (Å²) in [6.45, 7) is 0. The van der Waals surface area contributed by atoms with Gasteiger partial charge in [0.05, 0.1) is 35.9 Å². The normalized spacial score (nSPS) is 21.4. The minimum absolute atomic E-state index is 0.123. The van der Waals surface area contributed by atoms with Crippen LogP contribution in [0.3, 0.4) is 0 Å². The van der Waals surface area contributed by atoms with E-state index in [1.54, 1.807) is 17.1 Å². The minimum atomic E-state index is -0.323. The lowest BCUT2D eigenvalue weighted by Crippen LogP contribution is -2.18. The highest BCUT2D eigenvalue weighted by molar-refractivity contribution is 5.91. The Labute approximate surface area is 143 Å². The van der Waals surface area contributed by atoms with Crippen molar-refractivity contribution in [2.45, 2.75) is 37.8 Å². The predicted octanol–water partition coefficient (Wildman–Crippen LogP) is 2.14. The molecule has 3 aromatic rings. The first-order valence-electron chi connectivity index (χ1n) is 8.29. The zero-order valence-corrected chi connectivity index (χ0v) is 13.5. The Bertz CT molecular complexity index is 940. The lowest BCUT2D eigenvalue weighted by molar-refractivity contribution is 0.169. The van der Waals surface area contributed by atoms with E-state index in [0.717, 1.165) is 18.2 Å². The average Bonchev–Trinajstić information content (AvgIpc) is 3.32. The van der Waals surface area contributed by atoms with Crippen molar-refractivity contribution >= 4 is 11.0 Å². The van der Waals surface area contributed by atoms with Crippen molar-refractivity contribution in [3.8, 4) is 23.2 Å². The molecule has 1 aliphatic rings. The molecule has 3 unspecified atom stereocenters. The van der Waals surface area contributed by atoms with Crippen LogP contribution in [0.15, 0.2) is 24.8 Å². The lowest BCUT2D eigenvalue weighted by atomic mass is 9.96. The zero-order valence-electron chi connectivity index (χ0n) is 13.5. The molecule has 4 rings (SSSR count). The van der Waals surface area contributed by atoms with E-state index in [1.165, 1.54) is 6.33 Å². The van der Waals surface area contributed by atoms with Crippen molar-refractivity contribution in [1.82, 2.24) is 24.7 Å². The van der Waals surface area contributed by atoms with Gasteiger partial charge in [0.2, 0.25) is 5.88 Å². The fourth-order valence-corrected chi connectivity index (χ4v) is 3.72. The molecular weight excluding hydrogens is 320 g/mol. The molecule has 1 fully saturated rings. The van der Waals surface area contributed by atoms with Gasteiger partial charge in [-0.2, -0.15) is 5.26 Å². The molecule has 3 N–H and O–H groups in total. The molecule has 0 saturated heterocycles. The third-order valence-electron chi connectivity index (χ3n) is 4.95. The van der Waals surface area contributed by atoms with Crippen molar-refractivity contribution in [3.63, 3.8) is 0 Å². The second-order valence-corrected chi connectivity index (χ2v) is 6.47. The first kappa shape index (κ1) is 15.6. The van der Waals surface area contributed by atoms with Crippen LogP contribution in [0.5, 0.6) is 5.88 Å². The molecule has 0 radical (unpaired) electrons. The number of rotatable bonds is 4. The van der Waals surface area contributed by atoms with Crippen molar-refractivity contribution in [1.29, 1.82) is 5.26 Å². The summed E-state index contributed by atoms with van der Waals surface area (Å²) in [4.78, 5) is 11.5. The predicted molar refractivity (Wildman–Crippen MR) is 89.4 cm³/mol. The number of fused-ring (bicyclic) bond motifs is 1. The zero-order chi connectivity index (χ0) is 17.4. The number of nitrogens with one attached hydrogen (secondary N) is 1. The van der Waals surface area contributed by atoms with E-state index >= 15 is 0 Å². The number of hydrogen-bond donors (Lipinski definition) is 3. The molecule has 3 heterocycles. The Kier molecular flexibility index (Phi) is 3.86. The van der Waals surface area contributed by atoms with Gasteiger partial charge in [0.1, 0.15) is 12.0 Å². The summed E-state index contributed by atoms with van der Waals surface area (Å²) in [7, 11) is 0. The summed E-state index contributed by atoms with van der Waals surface area (Å²) in [5, 5.41) is 34.4. The molecule has 0 bridgehead atoms. The highest BCUT2D eigenvalue weighted by Gasteiger charge is 2.32. The van der Waals surface area contributed by atoms with Gasteiger partial charge >= 0.3 is 0 Å². The van der Waals surface area contributed by atoms with Crippen LogP contribution in [0.1, 0.15) is 31.7 Å². The molecule has 25 heavy (non-hydrogen) atoms. The number of aromatic nitrogens is 5. The van der Waals surface area contributed by atoms with E-state index in [4.69, 9.17) is 0 Å². The molecular formula is C17H18N6O2. The maximum absolute atomic E-state index is 10.4. The van der Waals surface area contributed by atoms with Crippen LogP contribution in [0.2, 0.25) is 0 Å². The summed E-state index contributed by atoms with van der Waals surface area (Å²) >= 11 is 0. The lowest BCUT2D eigenvalue weighted by Gasteiger charge is -2.21. The average molecular weight is 338 g/mol. The SMILES string of the molecule is N#CCC(C1CCC(O)C1)n1cc(-c2ncnc3[nH]ccc23)c(O)n1. The Morgan fingerprint density at radius 2 is 2.28 bits per heavy atom. The van der Waals surface area contributed by atoms with Crippen LogP contribution in [0, 0.1) is 17.2 Å². The van der Waals surface area contributed by atoms with Gasteiger partial charge in [0.15, 0.2) is 0 Å². The molecule has 0 spiro atoms. The van der Waals surface area contributed by atoms with Crippen molar-refractivity contribution in [2.75, 3.05) is 0 Å². The largest absolute Gasteiger partial charge is 0.492 e. The molecule has 8 nitrogen and oxygen atoms in total. The van der Waals surface area contributed by atoms with Gasteiger partial charge in [-0.1, -0.05) is 0 Å². The van der Waals surface area contributed by atoms with Gasteiger partial charge in [-0.15, -0.1) is 5.10 Å². The van der Waals surface area contributed by atoms with Crippen LogP contribution >= 0.6 is 0 Å². The molecule has 0 aliphatic heterocycles. The van der Waals surface area contributed by atoms with E-state index in [2.05, 4.69) is 26.1 Å². The van der Waals surface area contributed by atoms with Crippen molar-refractivity contribution in [2.24, 2.45) is 5.92 Å². The molecule has 0 aromatic carbocycles. The number of H-pyrrole nitrogens is 1. The van der Waals surface area contributed by atoms with Crippen LogP contribution in [-0.4, -0.2) is 41.0 Å². The first-order valence-corrected chi connectivity index (χ1v) is 8.29. The van der Waals surface area contributed by atoms with Crippen LogP contribution in [0.25, 0.3) is 22.3 Å². The van der Waals surface area contributed by atoms with Gasteiger partial charge in [0, 0.05) is 17.8 Å². The van der Waals surface area contributed by atoms with E-state index in [1.807, 2.05) is 6.07 Å². The summed E-state index contributed by atoms with van der Waals surface area (Å²) in [6.07, 6.45) is 7.13. The molecule has 3 aromatic heterocycles. The summed E-state index contributed by atoms with van der Waals surface area (Å²) < 4.78 is 1.65. The van der Waals surface area contributed by atoms with Crippen LogP contribution < -0.4 is 0 Å². The third-order valence-corrected chi connectivity index (χ3v) is 4.95. The Hall–Kier alpha value is -2.92. The summed E-state index contributed by atoms with van der Waals surface area (Å²) in [5.41, 5.74) is 1.79. The number of hydrogen-bond acceptors (Lipinski definition) is 6. The maximum Gasteiger partial charge on any atom is 0.239 e. The van der Waals surface area contributed by atoms with E-state index < -0.39 is 0 Å². The van der Waals surface area contributed by atoms with Crippen LogP contribution in [0.4, 0.5) is 0 Å². The highest BCUT2D eigenvalue weighted by atomic mass is 16.3. The van der Waals surface area contributed by atoms with Gasteiger partial charge < -0.3 is 15.2 Å². The quantitative estimate of drug-likeness (QED) is 0.669. The smallest absolute Gasteiger partial charge is 0.239 e. The number of aromatic amines is 1. The Morgan fingerprint density at radius 1 is 1.40 bits per heavy atom. The molecule has 3 atom stereocenters. The summed E-state index contributed by atoms with van der Waals surface area (Å²) in [6, 6.07) is 3.87. The van der Waals surface area contributed by atoms with E-state index in [-0.39, 0.29) is 30.4 Å². The standard InChI is InChI=1S/C17H18N6O2/c18-5-3-14(10-1-2-11(24)7-10)23-8-13(17(25)22-23)15-12-4-6-19-16(12)21-9-20-15/h4,6,8-11,14,24H,1-3,7H2,(H,22,25)(H,19,20,21). The summed E-state index contributed by atoms with van der Waals surface area (Å²) in [5.74, 6) is 0.0437. The highest BCUT2D eigenvalue weighted by Crippen LogP contribution is 2.38. The number of nitriles is 1. The Morgan fingerprint density at radius 3 is 3.04 bits per heavy atom. The number of aliphatic hydroxyl groups excluding tert-OH is 1. The first-order chi connectivity index (χ1) is 12.2. The van der Waals surface area contributed by atoms with E-state index in [9.17, 15) is 15.5 Å². The second-order valence-electron chi connectivity index (χ2n) is 6.47. The number of aliphatic hydroxyl groups is 1. The molecule has 0 amide bonds. The fourth-order valence-electron chi connectivity index (χ4n) is 3.72. The van der Waals surface area contributed by atoms with Gasteiger partial charge in [0.25, 0.3) is 0 Å². The molecule has 1 aliphatic carbocycles. The van der Waals surface area contributed by atoms with Gasteiger partial charge in [-0.05, 0) is 31.2 Å². The van der Waals surface area contributed by atoms with Crippen LogP contribution in [-0.2, 0) is 0 Å². The molecule has 128 valence electrons.